The molecule has 0 spiro atoms. The number of likely N-dealkylation sites (tertiary alicyclic amines) is 2. The van der Waals surface area contributed by atoms with E-state index in [4.69, 9.17) is 0 Å². The van der Waals surface area contributed by atoms with E-state index in [0.717, 1.165) is 18.4 Å². The summed E-state index contributed by atoms with van der Waals surface area (Å²) < 4.78 is 0. The lowest BCUT2D eigenvalue weighted by Gasteiger charge is -2.31. The molecule has 0 saturated carbocycles. The van der Waals surface area contributed by atoms with Crippen molar-refractivity contribution in [3.05, 3.63) is 23.8 Å². The van der Waals surface area contributed by atoms with Crippen molar-refractivity contribution in [2.75, 3.05) is 46.3 Å². The Hall–Kier alpha value is -2.68. The lowest BCUT2D eigenvalue weighted by Crippen LogP contribution is -2.48. The van der Waals surface area contributed by atoms with E-state index >= 15 is 0 Å². The molecule has 9 nitrogen and oxygen atoms in total. The minimum atomic E-state index is -0.417. The van der Waals surface area contributed by atoms with Gasteiger partial charge < -0.3 is 24.9 Å². The molecule has 4 amide bonds. The Balaban J connectivity index is 0.000000558. The Bertz CT molecular complexity index is 897. The summed E-state index contributed by atoms with van der Waals surface area (Å²) in [5.74, 6) is 0.518. The van der Waals surface area contributed by atoms with Crippen molar-refractivity contribution in [2.24, 2.45) is 11.8 Å². The molecule has 0 aromatic heterocycles. The summed E-state index contributed by atoms with van der Waals surface area (Å²) in [4.78, 5) is 56.2. The molecule has 3 heterocycles. The second-order valence-electron chi connectivity index (χ2n) is 12.9. The van der Waals surface area contributed by atoms with Gasteiger partial charge >= 0.3 is 0 Å². The Morgan fingerprint density at radius 1 is 0.929 bits per heavy atom. The van der Waals surface area contributed by atoms with Crippen LogP contribution < -0.4 is 5.32 Å². The highest BCUT2D eigenvalue weighted by Crippen LogP contribution is 2.23. The summed E-state index contributed by atoms with van der Waals surface area (Å²) in [6.07, 6.45) is 12.0. The third-order valence-electron chi connectivity index (χ3n) is 7.67. The zero-order valence-corrected chi connectivity index (χ0v) is 27.9. The van der Waals surface area contributed by atoms with Gasteiger partial charge in [0.1, 0.15) is 6.04 Å². The number of rotatable bonds is 9. The summed E-state index contributed by atoms with van der Waals surface area (Å²) >= 11 is 0. The second-order valence-corrected chi connectivity index (χ2v) is 12.9. The fraction of sp³-hybridized carbons (Fsp3) is 0.758. The number of hydrogen-bond donors (Lipinski definition) is 1. The van der Waals surface area contributed by atoms with E-state index in [1.54, 1.807) is 34.7 Å². The molecular formula is C33H59N5O4. The molecule has 2 saturated heterocycles. The van der Waals surface area contributed by atoms with Crippen molar-refractivity contribution in [2.45, 2.75) is 106 Å². The first-order chi connectivity index (χ1) is 19.8. The second kappa shape index (κ2) is 19.5. The van der Waals surface area contributed by atoms with Crippen LogP contribution in [0.1, 0.15) is 87.5 Å². The minimum absolute atomic E-state index is 0.00120. The maximum absolute atomic E-state index is 13.1. The third-order valence-corrected chi connectivity index (χ3v) is 7.67. The summed E-state index contributed by atoms with van der Waals surface area (Å²) in [5, 5.41) is 2.37. The van der Waals surface area contributed by atoms with E-state index < -0.39 is 6.04 Å². The van der Waals surface area contributed by atoms with Crippen molar-refractivity contribution in [1.29, 1.82) is 0 Å². The van der Waals surface area contributed by atoms with Crippen LogP contribution in [0.4, 0.5) is 0 Å². The molecule has 0 aromatic rings. The summed E-state index contributed by atoms with van der Waals surface area (Å²) in [5.41, 5.74) is 0.519. The van der Waals surface area contributed by atoms with Gasteiger partial charge in [-0.05, 0) is 71.4 Å². The van der Waals surface area contributed by atoms with Crippen molar-refractivity contribution in [3.63, 3.8) is 0 Å². The number of carbonyl (C=O) groups is 4. The van der Waals surface area contributed by atoms with Crippen molar-refractivity contribution in [3.8, 4) is 0 Å². The number of piperidine rings is 1. The number of hydrogen-bond acceptors (Lipinski definition) is 5. The summed E-state index contributed by atoms with van der Waals surface area (Å²) in [6, 6.07) is 0.0594. The molecule has 3 aliphatic rings. The highest BCUT2D eigenvalue weighted by Gasteiger charge is 2.37. The number of nitrogens with zero attached hydrogens (tertiary/aromatic N) is 4. The Morgan fingerprint density at radius 2 is 1.50 bits per heavy atom. The van der Waals surface area contributed by atoms with Gasteiger partial charge in [-0.15, -0.1) is 0 Å². The van der Waals surface area contributed by atoms with E-state index in [1.165, 1.54) is 32.4 Å². The van der Waals surface area contributed by atoms with E-state index in [2.05, 4.69) is 44.8 Å². The van der Waals surface area contributed by atoms with Crippen LogP contribution in [0, 0.1) is 11.8 Å². The molecule has 42 heavy (non-hydrogen) atoms. The molecular weight excluding hydrogens is 530 g/mol. The molecule has 0 aliphatic carbocycles. The van der Waals surface area contributed by atoms with Crippen LogP contribution in [0.5, 0.6) is 0 Å². The van der Waals surface area contributed by atoms with E-state index in [1.807, 2.05) is 26.0 Å². The first-order valence-corrected chi connectivity index (χ1v) is 15.9. The van der Waals surface area contributed by atoms with Crippen molar-refractivity contribution >= 4 is 24.1 Å². The zero-order chi connectivity index (χ0) is 31.8. The number of amides is 4. The largest absolute Gasteiger partial charge is 0.350 e. The molecule has 0 radical (unpaired) electrons. The Labute approximate surface area is 255 Å². The molecule has 2 fully saturated rings. The predicted octanol–water partition coefficient (Wildman–Crippen LogP) is 4.09. The molecule has 0 unspecified atom stereocenters. The monoisotopic (exact) mass is 589 g/mol. The van der Waals surface area contributed by atoms with E-state index in [-0.39, 0.29) is 36.2 Å². The lowest BCUT2D eigenvalue weighted by atomic mass is 9.99. The van der Waals surface area contributed by atoms with Gasteiger partial charge in [0.25, 0.3) is 0 Å². The average Bonchev–Trinajstić information content (AvgIpc) is 3.67. The average molecular weight is 590 g/mol. The molecule has 2 atom stereocenters. The fourth-order valence-corrected chi connectivity index (χ4v) is 5.30. The van der Waals surface area contributed by atoms with Gasteiger partial charge in [0.05, 0.1) is 12.6 Å². The highest BCUT2D eigenvalue weighted by atomic mass is 16.2. The maximum Gasteiger partial charge on any atom is 0.249 e. The highest BCUT2D eigenvalue weighted by molar-refractivity contribution is 5.97. The molecule has 240 valence electrons. The van der Waals surface area contributed by atoms with Gasteiger partial charge in [-0.1, -0.05) is 59.3 Å². The normalized spacial score (nSPS) is 19.7. The predicted molar refractivity (Wildman–Crippen MR) is 171 cm³/mol. The van der Waals surface area contributed by atoms with Gasteiger partial charge in [0, 0.05) is 38.3 Å². The third kappa shape index (κ3) is 12.7. The first-order valence-electron chi connectivity index (χ1n) is 15.9. The first kappa shape index (κ1) is 37.3. The number of carbonyl (C=O) groups excluding carboxylic acids is 4. The fourth-order valence-electron chi connectivity index (χ4n) is 5.30. The van der Waals surface area contributed by atoms with Gasteiger partial charge in [-0.3, -0.25) is 19.2 Å². The maximum atomic E-state index is 13.1. The van der Waals surface area contributed by atoms with Crippen molar-refractivity contribution < 1.29 is 19.2 Å². The zero-order valence-electron chi connectivity index (χ0n) is 27.9. The minimum Gasteiger partial charge on any atom is -0.350 e. The molecule has 0 bridgehead atoms. The summed E-state index contributed by atoms with van der Waals surface area (Å²) in [6.45, 7) is 21.1. The van der Waals surface area contributed by atoms with Gasteiger partial charge in [-0.2, -0.15) is 0 Å². The van der Waals surface area contributed by atoms with Crippen LogP contribution in [0.15, 0.2) is 23.8 Å². The molecule has 9 heteroatoms. The van der Waals surface area contributed by atoms with Crippen LogP contribution in [0.3, 0.4) is 0 Å². The van der Waals surface area contributed by atoms with Crippen LogP contribution in [-0.2, 0) is 19.2 Å². The molecule has 0 aromatic carbocycles. The topological polar surface area (TPSA) is 93.3 Å². The molecule has 3 aliphatic heterocycles. The molecule has 1 N–H and O–H groups in total. The van der Waals surface area contributed by atoms with Crippen molar-refractivity contribution in [1.82, 2.24) is 24.9 Å². The smallest absolute Gasteiger partial charge is 0.249 e. The lowest BCUT2D eigenvalue weighted by molar-refractivity contribution is -0.141. The molecule has 3 rings (SSSR count). The van der Waals surface area contributed by atoms with E-state index in [9.17, 15) is 19.2 Å². The van der Waals surface area contributed by atoms with Crippen LogP contribution >= 0.6 is 0 Å². The van der Waals surface area contributed by atoms with Gasteiger partial charge in [0.15, 0.2) is 0 Å². The SMILES string of the molecule is C/C(=C\[C@H](C(C)C)N(C)C(=O)CNC=O)C(=O)N1CCC[C@H]1C(=O)N1CC=CC1.CC(C)C.CC(C)N1CCCCC1. The number of likely N-dealkylation sites (N-methyl/N-ethyl adjacent to an activating group) is 1. The standard InChI is InChI=1S/C21H32N4O4.C8H17N.C4H10/c1-15(2)18(23(4)19(27)13-22-14-26)12-16(3)20(28)25-11-7-8-17(25)21(29)24-9-5-6-10-24;1-8(2)9-6-4-3-5-7-9;1-4(2)3/h5-6,12,14-15,17-18H,7-11,13H2,1-4H3,(H,22,26);8H,3-7H2,1-2H3;4H,1-3H3/b16-12+;;/t17-,18+;;/m0../s1. The summed E-state index contributed by atoms with van der Waals surface area (Å²) in [7, 11) is 1.66. The van der Waals surface area contributed by atoms with Gasteiger partial charge in [0.2, 0.25) is 24.1 Å². The van der Waals surface area contributed by atoms with E-state index in [0.29, 0.717) is 38.0 Å². The Kier molecular flexibility index (Phi) is 17.3. The number of nitrogens with one attached hydrogen (secondary N) is 1. The van der Waals surface area contributed by atoms with Gasteiger partial charge in [-0.25, -0.2) is 0 Å². The quantitative estimate of drug-likeness (QED) is 0.248. The van der Waals surface area contributed by atoms with Crippen LogP contribution in [0.25, 0.3) is 0 Å². The van der Waals surface area contributed by atoms with Crippen LogP contribution in [0.2, 0.25) is 0 Å². The van der Waals surface area contributed by atoms with Crippen LogP contribution in [-0.4, -0.2) is 108 Å². The Morgan fingerprint density at radius 3 is 1.98 bits per heavy atom.